The lowest BCUT2D eigenvalue weighted by atomic mass is 10.1. The van der Waals surface area contributed by atoms with Crippen LogP contribution in [-0.4, -0.2) is 45.7 Å². The number of aromatic carboxylic acids is 2. The Morgan fingerprint density at radius 2 is 1.64 bits per heavy atom. The van der Waals surface area contributed by atoms with Crippen molar-refractivity contribution in [2.24, 2.45) is 0 Å². The lowest BCUT2D eigenvalue weighted by Crippen LogP contribution is -2.54. The molecule has 3 aromatic rings. The Labute approximate surface area is 228 Å². The van der Waals surface area contributed by atoms with Crippen molar-refractivity contribution in [2.75, 3.05) is 11.5 Å². The number of carboxylic acid groups (broad SMARTS) is 2. The number of rotatable bonds is 9. The molecule has 10 nitrogen and oxygen atoms in total. The van der Waals surface area contributed by atoms with Crippen molar-refractivity contribution in [3.05, 3.63) is 94.6 Å². The van der Waals surface area contributed by atoms with Crippen LogP contribution in [-0.2, 0) is 16.2 Å². The third-order valence-electron chi connectivity index (χ3n) is 5.63. The lowest BCUT2D eigenvalue weighted by Gasteiger charge is -2.29. The van der Waals surface area contributed by atoms with Gasteiger partial charge in [0.25, 0.3) is 11.8 Å². The quantitative estimate of drug-likeness (QED) is 0.207. The molecule has 0 atom stereocenters. The average molecular weight is 547 g/mol. The summed E-state index contributed by atoms with van der Waals surface area (Å²) in [4.78, 5) is 49.5. The summed E-state index contributed by atoms with van der Waals surface area (Å²) < 4.78 is 11.6. The van der Waals surface area contributed by atoms with Crippen LogP contribution >= 0.6 is 12.2 Å². The number of nitrogens with one attached hydrogen (secondary N) is 1. The first kappa shape index (κ1) is 27.0. The highest BCUT2D eigenvalue weighted by molar-refractivity contribution is 7.80. The third kappa shape index (κ3) is 6.11. The molecule has 1 saturated heterocycles. The summed E-state index contributed by atoms with van der Waals surface area (Å²) in [6.45, 7) is 2.27. The van der Waals surface area contributed by atoms with E-state index >= 15 is 0 Å². The number of anilines is 1. The number of thiocarbonyl (C=S) groups is 1. The molecule has 0 spiro atoms. The molecule has 4 rings (SSSR count). The molecule has 0 saturated carbocycles. The first-order valence-corrected chi connectivity index (χ1v) is 12.1. The second-order valence-electron chi connectivity index (χ2n) is 8.24. The third-order valence-corrected chi connectivity index (χ3v) is 5.91. The van der Waals surface area contributed by atoms with Crippen molar-refractivity contribution in [1.29, 1.82) is 0 Å². The number of hydrogen-bond donors (Lipinski definition) is 3. The molecule has 0 unspecified atom stereocenters. The second kappa shape index (κ2) is 11.6. The van der Waals surface area contributed by atoms with Gasteiger partial charge in [0.15, 0.2) is 16.6 Å². The molecule has 1 fully saturated rings. The van der Waals surface area contributed by atoms with Gasteiger partial charge >= 0.3 is 11.9 Å². The standard InChI is InChI=1S/C28H22N2O8S/c1-2-37-23-13-17(8-11-22(23)38-15-16-6-9-18(10-7-16)26(33)34)12-21-24(31)29-28(39)30(25(21)32)20-5-3-4-19(14-20)27(35)36/h3-14H,2,15H2,1H3,(H,33,34)(H,35,36)(H,29,31,39). The largest absolute Gasteiger partial charge is 0.490 e. The SMILES string of the molecule is CCOc1cc(C=C2C(=O)NC(=S)N(c3cccc(C(=O)O)c3)C2=O)ccc1OCc1ccc(C(=O)O)cc1. The predicted molar refractivity (Wildman–Crippen MR) is 145 cm³/mol. The van der Waals surface area contributed by atoms with Gasteiger partial charge in [-0.3, -0.25) is 19.8 Å². The Hall–Kier alpha value is -5.03. The number of nitrogens with zero attached hydrogens (tertiary/aromatic N) is 1. The molecule has 1 aliphatic heterocycles. The molecular formula is C28H22N2O8S. The number of benzene rings is 3. The van der Waals surface area contributed by atoms with Gasteiger partial charge in [0.2, 0.25) is 0 Å². The summed E-state index contributed by atoms with van der Waals surface area (Å²) >= 11 is 5.18. The van der Waals surface area contributed by atoms with Crippen LogP contribution in [0, 0.1) is 0 Å². The van der Waals surface area contributed by atoms with Crippen LogP contribution in [0.1, 0.15) is 38.8 Å². The minimum absolute atomic E-state index is 0.0414. The van der Waals surface area contributed by atoms with Crippen molar-refractivity contribution in [1.82, 2.24) is 5.32 Å². The summed E-state index contributed by atoms with van der Waals surface area (Å²) in [5.41, 5.74) is 1.34. The Morgan fingerprint density at radius 1 is 0.923 bits per heavy atom. The molecule has 1 heterocycles. The minimum Gasteiger partial charge on any atom is -0.490 e. The maximum Gasteiger partial charge on any atom is 0.335 e. The first-order valence-electron chi connectivity index (χ1n) is 11.6. The Kier molecular flexibility index (Phi) is 8.01. The second-order valence-corrected chi connectivity index (χ2v) is 8.63. The van der Waals surface area contributed by atoms with Gasteiger partial charge < -0.3 is 19.7 Å². The van der Waals surface area contributed by atoms with E-state index in [4.69, 9.17) is 26.8 Å². The zero-order valence-electron chi connectivity index (χ0n) is 20.5. The minimum atomic E-state index is -1.17. The summed E-state index contributed by atoms with van der Waals surface area (Å²) in [5.74, 6) is -2.81. The van der Waals surface area contributed by atoms with E-state index in [2.05, 4.69) is 5.32 Å². The van der Waals surface area contributed by atoms with E-state index in [-0.39, 0.29) is 34.1 Å². The molecule has 0 aliphatic carbocycles. The van der Waals surface area contributed by atoms with E-state index in [1.54, 1.807) is 37.3 Å². The number of carbonyl (C=O) groups is 4. The summed E-state index contributed by atoms with van der Waals surface area (Å²) in [7, 11) is 0. The van der Waals surface area contributed by atoms with Gasteiger partial charge in [0.05, 0.1) is 23.4 Å². The van der Waals surface area contributed by atoms with Gasteiger partial charge in [-0.25, -0.2) is 9.59 Å². The van der Waals surface area contributed by atoms with Crippen LogP contribution in [0.2, 0.25) is 0 Å². The molecule has 2 amide bonds. The van der Waals surface area contributed by atoms with Crippen molar-refractivity contribution in [2.45, 2.75) is 13.5 Å². The van der Waals surface area contributed by atoms with Gasteiger partial charge in [0, 0.05) is 0 Å². The van der Waals surface area contributed by atoms with Crippen LogP contribution in [0.25, 0.3) is 6.08 Å². The monoisotopic (exact) mass is 546 g/mol. The van der Waals surface area contributed by atoms with Gasteiger partial charge in [-0.05, 0) is 78.8 Å². The van der Waals surface area contributed by atoms with E-state index in [1.807, 2.05) is 0 Å². The first-order chi connectivity index (χ1) is 18.7. The molecule has 1 aliphatic rings. The van der Waals surface area contributed by atoms with E-state index in [9.17, 15) is 24.3 Å². The Balaban J connectivity index is 1.59. The summed E-state index contributed by atoms with van der Waals surface area (Å²) in [6, 6.07) is 16.8. The fourth-order valence-corrected chi connectivity index (χ4v) is 4.02. The smallest absolute Gasteiger partial charge is 0.335 e. The number of amides is 2. The van der Waals surface area contributed by atoms with Crippen LogP contribution < -0.4 is 19.7 Å². The molecule has 0 aromatic heterocycles. The summed E-state index contributed by atoms with van der Waals surface area (Å²) in [6.07, 6.45) is 1.38. The highest BCUT2D eigenvalue weighted by atomic mass is 32.1. The zero-order valence-corrected chi connectivity index (χ0v) is 21.4. The van der Waals surface area contributed by atoms with E-state index in [0.717, 1.165) is 10.5 Å². The highest BCUT2D eigenvalue weighted by Gasteiger charge is 2.34. The van der Waals surface area contributed by atoms with Gasteiger partial charge in [-0.15, -0.1) is 0 Å². The van der Waals surface area contributed by atoms with Gasteiger partial charge in [0.1, 0.15) is 12.2 Å². The number of ether oxygens (including phenoxy) is 2. The Morgan fingerprint density at radius 3 is 2.31 bits per heavy atom. The molecule has 3 aromatic carbocycles. The fourth-order valence-electron chi connectivity index (χ4n) is 3.74. The van der Waals surface area contributed by atoms with E-state index < -0.39 is 23.8 Å². The molecule has 0 radical (unpaired) electrons. The van der Waals surface area contributed by atoms with Crippen molar-refractivity contribution in [3.8, 4) is 11.5 Å². The molecule has 11 heteroatoms. The molecular weight excluding hydrogens is 524 g/mol. The predicted octanol–water partition coefficient (Wildman–Crippen LogP) is 3.89. The average Bonchev–Trinajstić information content (AvgIpc) is 2.91. The summed E-state index contributed by atoms with van der Waals surface area (Å²) in [5, 5.41) is 20.6. The van der Waals surface area contributed by atoms with Crippen LogP contribution in [0.3, 0.4) is 0 Å². The molecule has 3 N–H and O–H groups in total. The van der Waals surface area contributed by atoms with Crippen molar-refractivity contribution < 1.29 is 38.9 Å². The zero-order chi connectivity index (χ0) is 28.1. The van der Waals surface area contributed by atoms with E-state index in [0.29, 0.717) is 23.7 Å². The maximum absolute atomic E-state index is 13.3. The lowest BCUT2D eigenvalue weighted by molar-refractivity contribution is -0.122. The number of carbonyl (C=O) groups excluding carboxylic acids is 2. The van der Waals surface area contributed by atoms with Crippen LogP contribution in [0.4, 0.5) is 5.69 Å². The number of hydrogen-bond acceptors (Lipinski definition) is 7. The fraction of sp³-hybridized carbons (Fsp3) is 0.107. The Bertz CT molecular complexity index is 1510. The van der Waals surface area contributed by atoms with Crippen LogP contribution in [0.5, 0.6) is 11.5 Å². The van der Waals surface area contributed by atoms with Crippen molar-refractivity contribution >= 4 is 52.8 Å². The van der Waals surface area contributed by atoms with Crippen molar-refractivity contribution in [3.63, 3.8) is 0 Å². The van der Waals surface area contributed by atoms with Crippen LogP contribution in [0.15, 0.2) is 72.3 Å². The topological polar surface area (TPSA) is 142 Å². The number of carboxylic acids is 2. The maximum atomic E-state index is 13.3. The van der Waals surface area contributed by atoms with Gasteiger partial charge in [-0.1, -0.05) is 24.3 Å². The molecule has 0 bridgehead atoms. The normalized spacial score (nSPS) is 14.2. The molecule has 39 heavy (non-hydrogen) atoms. The highest BCUT2D eigenvalue weighted by Crippen LogP contribution is 2.31. The van der Waals surface area contributed by atoms with Gasteiger partial charge in [-0.2, -0.15) is 0 Å². The van der Waals surface area contributed by atoms with E-state index in [1.165, 1.54) is 42.5 Å². The molecule has 198 valence electrons.